The maximum Gasteiger partial charge on any atom is 0.419 e. The largest absolute Gasteiger partial charge is 0.446 e. The van der Waals surface area contributed by atoms with E-state index in [4.69, 9.17) is 4.74 Å². The molecule has 1 aromatic carbocycles. The third kappa shape index (κ3) is 3.45. The summed E-state index contributed by atoms with van der Waals surface area (Å²) in [4.78, 5) is 15.4. The van der Waals surface area contributed by atoms with Gasteiger partial charge in [0, 0.05) is 12.4 Å². The van der Waals surface area contributed by atoms with Crippen molar-refractivity contribution >= 4 is 6.09 Å². The van der Waals surface area contributed by atoms with Crippen LogP contribution in [0, 0.1) is 0 Å². The number of rotatable bonds is 4. The smallest absolute Gasteiger partial charge is 0.419 e. The Labute approximate surface area is 106 Å². The summed E-state index contributed by atoms with van der Waals surface area (Å²) < 4.78 is 6.63. The molecule has 0 aliphatic carbocycles. The van der Waals surface area contributed by atoms with Crippen LogP contribution in [-0.2, 0) is 11.2 Å². The van der Waals surface area contributed by atoms with Crippen LogP contribution in [0.1, 0.15) is 18.9 Å². The lowest BCUT2D eigenvalue weighted by molar-refractivity contribution is 0.104. The Bertz CT molecular complexity index is 480. The van der Waals surface area contributed by atoms with Gasteiger partial charge in [-0.25, -0.2) is 14.3 Å². The first-order valence-corrected chi connectivity index (χ1v) is 5.98. The molecular formula is C14H16N2O2. The van der Waals surface area contributed by atoms with Gasteiger partial charge in [-0.15, -0.1) is 0 Å². The third-order valence-corrected chi connectivity index (χ3v) is 2.70. The van der Waals surface area contributed by atoms with E-state index in [-0.39, 0.29) is 12.2 Å². The number of hydrogen-bond donors (Lipinski definition) is 0. The number of benzene rings is 1. The normalized spacial score (nSPS) is 12.1. The molecule has 1 atom stereocenters. The quantitative estimate of drug-likeness (QED) is 0.830. The van der Waals surface area contributed by atoms with Crippen LogP contribution in [0.2, 0.25) is 0 Å². The highest BCUT2D eigenvalue weighted by molar-refractivity contribution is 5.70. The summed E-state index contributed by atoms with van der Waals surface area (Å²) in [6, 6.07) is 10.2. The molecule has 0 bridgehead atoms. The van der Waals surface area contributed by atoms with Gasteiger partial charge in [0.1, 0.15) is 12.4 Å². The van der Waals surface area contributed by atoms with Gasteiger partial charge in [0.15, 0.2) is 0 Å². The first-order valence-electron chi connectivity index (χ1n) is 5.98. The van der Waals surface area contributed by atoms with Crippen LogP contribution < -0.4 is 0 Å². The molecule has 0 radical (unpaired) electrons. The molecule has 0 saturated carbocycles. The minimum absolute atomic E-state index is 0.111. The summed E-state index contributed by atoms with van der Waals surface area (Å²) in [5.74, 6) is 0. The Kier molecular flexibility index (Phi) is 4.12. The predicted octanol–water partition coefficient (Wildman–Crippen LogP) is 2.89. The average Bonchev–Trinajstić information content (AvgIpc) is 2.91. The lowest BCUT2D eigenvalue weighted by Gasteiger charge is -2.13. The summed E-state index contributed by atoms with van der Waals surface area (Å²) in [7, 11) is 0. The van der Waals surface area contributed by atoms with Gasteiger partial charge in [-0.2, -0.15) is 0 Å². The van der Waals surface area contributed by atoms with E-state index < -0.39 is 0 Å². The van der Waals surface area contributed by atoms with E-state index in [0.717, 1.165) is 12.8 Å². The highest BCUT2D eigenvalue weighted by Crippen LogP contribution is 2.08. The SMILES string of the molecule is CC(CCc1ccccc1)OC(=O)n1ccnc1. The van der Waals surface area contributed by atoms with Crippen molar-refractivity contribution in [3.63, 3.8) is 0 Å². The molecule has 0 aliphatic heterocycles. The molecular weight excluding hydrogens is 228 g/mol. The summed E-state index contributed by atoms with van der Waals surface area (Å²) >= 11 is 0. The van der Waals surface area contributed by atoms with Gasteiger partial charge >= 0.3 is 6.09 Å². The summed E-state index contributed by atoms with van der Waals surface area (Å²) in [6.07, 6.45) is 5.78. The fraction of sp³-hybridized carbons (Fsp3) is 0.286. The molecule has 0 saturated heterocycles. The van der Waals surface area contributed by atoms with E-state index in [9.17, 15) is 4.79 Å². The molecule has 94 valence electrons. The van der Waals surface area contributed by atoms with Crippen molar-refractivity contribution in [2.24, 2.45) is 0 Å². The molecule has 0 fully saturated rings. The number of ether oxygens (including phenoxy) is 1. The molecule has 0 N–H and O–H groups in total. The second kappa shape index (κ2) is 6.00. The molecule has 0 amide bonds. The number of carbonyl (C=O) groups excluding carboxylic acids is 1. The summed E-state index contributed by atoms with van der Waals surface area (Å²) in [6.45, 7) is 1.90. The first kappa shape index (κ1) is 12.4. The minimum Gasteiger partial charge on any atom is -0.446 e. The Morgan fingerprint density at radius 2 is 2.17 bits per heavy atom. The van der Waals surface area contributed by atoms with E-state index in [1.54, 1.807) is 12.4 Å². The Morgan fingerprint density at radius 3 is 2.83 bits per heavy atom. The molecule has 4 nitrogen and oxygen atoms in total. The molecule has 18 heavy (non-hydrogen) atoms. The maximum absolute atomic E-state index is 11.6. The van der Waals surface area contributed by atoms with Gasteiger partial charge in [0.25, 0.3) is 0 Å². The number of aromatic nitrogens is 2. The second-order valence-electron chi connectivity index (χ2n) is 4.19. The van der Waals surface area contributed by atoms with E-state index in [1.807, 2.05) is 25.1 Å². The van der Waals surface area contributed by atoms with Gasteiger partial charge in [0.05, 0.1) is 0 Å². The second-order valence-corrected chi connectivity index (χ2v) is 4.19. The van der Waals surface area contributed by atoms with Crippen LogP contribution >= 0.6 is 0 Å². The fourth-order valence-corrected chi connectivity index (χ4v) is 1.67. The van der Waals surface area contributed by atoms with Crippen molar-refractivity contribution in [3.05, 3.63) is 54.6 Å². The van der Waals surface area contributed by atoms with Crippen LogP contribution in [0.5, 0.6) is 0 Å². The molecule has 1 heterocycles. The van der Waals surface area contributed by atoms with Crippen LogP contribution in [0.25, 0.3) is 0 Å². The van der Waals surface area contributed by atoms with Crippen molar-refractivity contribution in [2.45, 2.75) is 25.9 Å². The Balaban J connectivity index is 1.79. The lowest BCUT2D eigenvalue weighted by Crippen LogP contribution is -2.19. The molecule has 2 rings (SSSR count). The number of carbonyl (C=O) groups is 1. The minimum atomic E-state index is -0.381. The monoisotopic (exact) mass is 244 g/mol. The van der Waals surface area contributed by atoms with Crippen molar-refractivity contribution < 1.29 is 9.53 Å². The van der Waals surface area contributed by atoms with E-state index in [1.165, 1.54) is 16.5 Å². The van der Waals surface area contributed by atoms with Crippen molar-refractivity contribution in [1.29, 1.82) is 0 Å². The van der Waals surface area contributed by atoms with Crippen molar-refractivity contribution in [1.82, 2.24) is 9.55 Å². The van der Waals surface area contributed by atoms with Gasteiger partial charge in [-0.1, -0.05) is 30.3 Å². The van der Waals surface area contributed by atoms with Crippen LogP contribution in [0.4, 0.5) is 4.79 Å². The molecule has 0 spiro atoms. The zero-order valence-electron chi connectivity index (χ0n) is 10.3. The number of nitrogens with zero attached hydrogens (tertiary/aromatic N) is 2. The van der Waals surface area contributed by atoms with Crippen molar-refractivity contribution in [2.75, 3.05) is 0 Å². The maximum atomic E-state index is 11.6. The fourth-order valence-electron chi connectivity index (χ4n) is 1.67. The highest BCUT2D eigenvalue weighted by atomic mass is 16.6. The standard InChI is InChI=1S/C14H16N2O2/c1-12(7-8-13-5-3-2-4-6-13)18-14(17)16-10-9-15-11-16/h2-6,9-12H,7-8H2,1H3. The van der Waals surface area contributed by atoms with Gasteiger partial charge in [-0.3, -0.25) is 0 Å². The summed E-state index contributed by atoms with van der Waals surface area (Å²) in [5, 5.41) is 0. The lowest BCUT2D eigenvalue weighted by atomic mass is 10.1. The third-order valence-electron chi connectivity index (χ3n) is 2.70. The first-order chi connectivity index (χ1) is 8.75. The average molecular weight is 244 g/mol. The molecule has 1 unspecified atom stereocenters. The Morgan fingerprint density at radius 1 is 1.39 bits per heavy atom. The molecule has 0 aliphatic rings. The molecule has 4 heteroatoms. The summed E-state index contributed by atoms with van der Waals surface area (Å²) in [5.41, 5.74) is 1.25. The van der Waals surface area contributed by atoms with Crippen LogP contribution in [-0.4, -0.2) is 21.7 Å². The number of imidazole rings is 1. The highest BCUT2D eigenvalue weighted by Gasteiger charge is 2.10. The van der Waals surface area contributed by atoms with E-state index in [2.05, 4.69) is 17.1 Å². The number of hydrogen-bond acceptors (Lipinski definition) is 3. The zero-order valence-corrected chi connectivity index (χ0v) is 10.3. The molecule has 2 aromatic rings. The zero-order chi connectivity index (χ0) is 12.8. The predicted molar refractivity (Wildman–Crippen MR) is 68.3 cm³/mol. The van der Waals surface area contributed by atoms with E-state index >= 15 is 0 Å². The molecule has 1 aromatic heterocycles. The van der Waals surface area contributed by atoms with Crippen LogP contribution in [0.15, 0.2) is 49.1 Å². The van der Waals surface area contributed by atoms with E-state index in [0.29, 0.717) is 0 Å². The Hall–Kier alpha value is -2.10. The van der Waals surface area contributed by atoms with Crippen LogP contribution in [0.3, 0.4) is 0 Å². The van der Waals surface area contributed by atoms with Gasteiger partial charge in [-0.05, 0) is 25.3 Å². The van der Waals surface area contributed by atoms with Gasteiger partial charge < -0.3 is 4.74 Å². The van der Waals surface area contributed by atoms with Crippen molar-refractivity contribution in [3.8, 4) is 0 Å². The van der Waals surface area contributed by atoms with Gasteiger partial charge in [0.2, 0.25) is 0 Å². The number of aryl methyl sites for hydroxylation is 1. The topological polar surface area (TPSA) is 44.1 Å².